The first-order valence-electron chi connectivity index (χ1n) is 11.5. The molecule has 1 saturated heterocycles. The Labute approximate surface area is 184 Å². The molecule has 2 aromatic heterocycles. The zero-order chi connectivity index (χ0) is 20.5. The van der Waals surface area contributed by atoms with E-state index in [1.54, 1.807) is 10.4 Å². The second-order valence-electron chi connectivity index (χ2n) is 8.99. The van der Waals surface area contributed by atoms with Crippen molar-refractivity contribution in [3.05, 3.63) is 52.2 Å². The molecule has 0 atom stereocenters. The molecule has 0 unspecified atom stereocenters. The van der Waals surface area contributed by atoms with Crippen LogP contribution in [0.1, 0.15) is 54.9 Å². The zero-order valence-electron chi connectivity index (χ0n) is 18.2. The van der Waals surface area contributed by atoms with E-state index in [1.165, 1.54) is 53.7 Å². The second-order valence-corrected chi connectivity index (χ2v) is 10.1. The molecule has 5 rings (SSSR count). The van der Waals surface area contributed by atoms with Gasteiger partial charge in [-0.2, -0.15) is 0 Å². The van der Waals surface area contributed by atoms with Crippen LogP contribution in [0.4, 0.5) is 5.82 Å². The molecule has 1 aliphatic heterocycles. The number of hydrogen-bond donors (Lipinski definition) is 0. The van der Waals surface area contributed by atoms with Gasteiger partial charge in [-0.15, -0.1) is 11.3 Å². The lowest BCUT2D eigenvalue weighted by molar-refractivity contribution is 0.209. The quantitative estimate of drug-likeness (QED) is 0.551. The van der Waals surface area contributed by atoms with E-state index in [9.17, 15) is 0 Å². The van der Waals surface area contributed by atoms with E-state index in [0.29, 0.717) is 6.04 Å². The van der Waals surface area contributed by atoms with Crippen molar-refractivity contribution in [2.75, 3.05) is 31.1 Å². The highest BCUT2D eigenvalue weighted by molar-refractivity contribution is 7.19. The standard InChI is InChI=1S/C25H32N4S/c1-18(2)28-13-15-29(16-14-28)24-23-20-11-7-4-8-12-21(20)30-25(23)27-22(26-24)17-19-9-5-3-6-10-19/h3,5-6,9-10,18H,4,7-8,11-17H2,1-2H3. The smallest absolute Gasteiger partial charge is 0.141 e. The van der Waals surface area contributed by atoms with Gasteiger partial charge in [0.05, 0.1) is 5.39 Å². The first-order valence-corrected chi connectivity index (χ1v) is 12.3. The summed E-state index contributed by atoms with van der Waals surface area (Å²) in [6, 6.07) is 11.3. The average molecular weight is 421 g/mol. The third-order valence-electron chi connectivity index (χ3n) is 6.64. The Hall–Kier alpha value is -1.98. The number of anilines is 1. The second kappa shape index (κ2) is 8.64. The molecule has 0 N–H and O–H groups in total. The molecule has 2 aliphatic rings. The molecule has 0 spiro atoms. The lowest BCUT2D eigenvalue weighted by Crippen LogP contribution is -2.49. The molecule has 0 bridgehead atoms. The van der Waals surface area contributed by atoms with Gasteiger partial charge in [0, 0.05) is 43.5 Å². The Morgan fingerprint density at radius 2 is 1.70 bits per heavy atom. The maximum absolute atomic E-state index is 5.20. The van der Waals surface area contributed by atoms with E-state index in [0.717, 1.165) is 38.4 Å². The molecule has 158 valence electrons. The largest absolute Gasteiger partial charge is 0.353 e. The van der Waals surface area contributed by atoms with Crippen LogP contribution >= 0.6 is 11.3 Å². The molecule has 1 aliphatic carbocycles. The van der Waals surface area contributed by atoms with Gasteiger partial charge in [0.25, 0.3) is 0 Å². The first-order chi connectivity index (χ1) is 14.7. The maximum atomic E-state index is 5.20. The molecule has 5 heteroatoms. The Morgan fingerprint density at radius 1 is 0.933 bits per heavy atom. The van der Waals surface area contributed by atoms with Crippen molar-refractivity contribution >= 4 is 27.4 Å². The Morgan fingerprint density at radius 3 is 2.47 bits per heavy atom. The number of fused-ring (bicyclic) bond motifs is 3. The van der Waals surface area contributed by atoms with Crippen LogP contribution in [0.15, 0.2) is 30.3 Å². The summed E-state index contributed by atoms with van der Waals surface area (Å²) in [7, 11) is 0. The van der Waals surface area contributed by atoms with Crippen LogP contribution in [0.3, 0.4) is 0 Å². The predicted octanol–water partition coefficient (Wildman–Crippen LogP) is 5.08. The minimum absolute atomic E-state index is 0.614. The van der Waals surface area contributed by atoms with Crippen molar-refractivity contribution in [3.8, 4) is 0 Å². The summed E-state index contributed by atoms with van der Waals surface area (Å²) in [6.45, 7) is 8.94. The fraction of sp³-hybridized carbons (Fsp3) is 0.520. The molecular weight excluding hydrogens is 388 g/mol. The van der Waals surface area contributed by atoms with Gasteiger partial charge in [-0.25, -0.2) is 9.97 Å². The van der Waals surface area contributed by atoms with Gasteiger partial charge in [-0.3, -0.25) is 4.90 Å². The minimum atomic E-state index is 0.614. The van der Waals surface area contributed by atoms with E-state index in [-0.39, 0.29) is 0 Å². The van der Waals surface area contributed by atoms with Crippen molar-refractivity contribution in [2.45, 2.75) is 58.4 Å². The maximum Gasteiger partial charge on any atom is 0.141 e. The summed E-state index contributed by atoms with van der Waals surface area (Å²) in [5.74, 6) is 2.17. The summed E-state index contributed by atoms with van der Waals surface area (Å²) in [4.78, 5) is 18.2. The van der Waals surface area contributed by atoms with Crippen molar-refractivity contribution in [2.24, 2.45) is 0 Å². The number of aromatic nitrogens is 2. The van der Waals surface area contributed by atoms with Crippen LogP contribution in [0.2, 0.25) is 0 Å². The highest BCUT2D eigenvalue weighted by Crippen LogP contribution is 2.39. The fourth-order valence-corrected chi connectivity index (χ4v) is 6.17. The first kappa shape index (κ1) is 20.0. The molecule has 0 radical (unpaired) electrons. The number of piperazine rings is 1. The number of nitrogens with zero attached hydrogens (tertiary/aromatic N) is 4. The van der Waals surface area contributed by atoms with Crippen LogP contribution in [0.25, 0.3) is 10.2 Å². The fourth-order valence-electron chi connectivity index (χ4n) is 4.89. The Balaban J connectivity index is 1.56. The van der Waals surface area contributed by atoms with Crippen LogP contribution in [-0.2, 0) is 19.3 Å². The zero-order valence-corrected chi connectivity index (χ0v) is 19.0. The van der Waals surface area contributed by atoms with Crippen LogP contribution in [-0.4, -0.2) is 47.1 Å². The minimum Gasteiger partial charge on any atom is -0.353 e. The monoisotopic (exact) mass is 420 g/mol. The van der Waals surface area contributed by atoms with E-state index in [2.05, 4.69) is 54.0 Å². The summed E-state index contributed by atoms with van der Waals surface area (Å²) < 4.78 is 0. The summed E-state index contributed by atoms with van der Waals surface area (Å²) in [5, 5.41) is 1.37. The Bertz CT molecular complexity index is 1000. The third-order valence-corrected chi connectivity index (χ3v) is 7.83. The number of rotatable bonds is 4. The normalized spacial score (nSPS) is 18.0. The SMILES string of the molecule is CC(C)N1CCN(c2nc(Cc3ccccc3)nc3sc4c(c23)CCCCC4)CC1. The van der Waals surface area contributed by atoms with E-state index >= 15 is 0 Å². The van der Waals surface area contributed by atoms with Gasteiger partial charge in [0.2, 0.25) is 0 Å². The van der Waals surface area contributed by atoms with Gasteiger partial charge >= 0.3 is 0 Å². The third kappa shape index (κ3) is 3.97. The molecule has 0 saturated carbocycles. The molecule has 1 fully saturated rings. The van der Waals surface area contributed by atoms with Gasteiger partial charge < -0.3 is 4.90 Å². The topological polar surface area (TPSA) is 32.3 Å². The molecule has 0 amide bonds. The lowest BCUT2D eigenvalue weighted by Gasteiger charge is -2.37. The van der Waals surface area contributed by atoms with Gasteiger partial charge in [-0.1, -0.05) is 36.8 Å². The highest BCUT2D eigenvalue weighted by atomic mass is 32.1. The van der Waals surface area contributed by atoms with Crippen LogP contribution < -0.4 is 4.90 Å². The summed E-state index contributed by atoms with van der Waals surface area (Å²) >= 11 is 1.93. The van der Waals surface area contributed by atoms with Crippen molar-refractivity contribution in [1.29, 1.82) is 0 Å². The lowest BCUT2D eigenvalue weighted by atomic mass is 10.1. The molecule has 4 nitrogen and oxygen atoms in total. The molecule has 1 aromatic carbocycles. The van der Waals surface area contributed by atoms with Crippen molar-refractivity contribution in [1.82, 2.24) is 14.9 Å². The Kier molecular flexibility index (Phi) is 5.74. The predicted molar refractivity (Wildman–Crippen MR) is 127 cm³/mol. The van der Waals surface area contributed by atoms with E-state index < -0.39 is 0 Å². The van der Waals surface area contributed by atoms with Gasteiger partial charge in [0.1, 0.15) is 16.5 Å². The number of thiophene rings is 1. The van der Waals surface area contributed by atoms with Gasteiger partial charge in [-0.05, 0) is 50.7 Å². The van der Waals surface area contributed by atoms with Gasteiger partial charge in [0.15, 0.2) is 0 Å². The number of aryl methyl sites for hydroxylation is 2. The molecule has 3 aromatic rings. The van der Waals surface area contributed by atoms with Crippen molar-refractivity contribution in [3.63, 3.8) is 0 Å². The average Bonchev–Trinajstić information content (AvgIpc) is 2.95. The van der Waals surface area contributed by atoms with E-state index in [4.69, 9.17) is 9.97 Å². The van der Waals surface area contributed by atoms with Crippen LogP contribution in [0.5, 0.6) is 0 Å². The molecule has 3 heterocycles. The molecule has 30 heavy (non-hydrogen) atoms. The summed E-state index contributed by atoms with van der Waals surface area (Å²) in [5.41, 5.74) is 2.84. The summed E-state index contributed by atoms with van der Waals surface area (Å²) in [6.07, 6.45) is 7.16. The number of benzene rings is 1. The van der Waals surface area contributed by atoms with E-state index in [1.807, 2.05) is 11.3 Å². The molecular formula is C25H32N4S. The van der Waals surface area contributed by atoms with Crippen molar-refractivity contribution < 1.29 is 0 Å². The van der Waals surface area contributed by atoms with Crippen LogP contribution in [0, 0.1) is 0 Å². The highest BCUT2D eigenvalue weighted by Gasteiger charge is 2.26. The number of hydrogen-bond acceptors (Lipinski definition) is 5.